The van der Waals surface area contributed by atoms with Gasteiger partial charge < -0.3 is 20.1 Å². The summed E-state index contributed by atoms with van der Waals surface area (Å²) in [6.45, 7) is 2.47. The molecule has 7 heteroatoms. The van der Waals surface area contributed by atoms with E-state index in [1.54, 1.807) is 4.57 Å². The maximum Gasteiger partial charge on any atom is 0.344 e. The molecule has 3 N–H and O–H groups in total. The molecule has 126 valence electrons. The van der Waals surface area contributed by atoms with E-state index in [9.17, 15) is 9.90 Å². The third-order valence-corrected chi connectivity index (χ3v) is 3.85. The first-order valence-electron chi connectivity index (χ1n) is 7.99. The first kappa shape index (κ1) is 16.2. The van der Waals surface area contributed by atoms with Gasteiger partial charge in [0, 0.05) is 6.54 Å². The zero-order valence-electron chi connectivity index (χ0n) is 13.5. The Morgan fingerprint density at radius 2 is 2.00 bits per heavy atom. The Labute approximate surface area is 139 Å². The Balaban J connectivity index is 2.17. The summed E-state index contributed by atoms with van der Waals surface area (Å²) in [5, 5.41) is 9.30. The summed E-state index contributed by atoms with van der Waals surface area (Å²) < 4.78 is 6.90. The van der Waals surface area contributed by atoms with Crippen LogP contribution in [0.4, 0.5) is 5.82 Å². The standard InChI is InChI=1S/C17H20N4O3/c1-2-3-10-24-17(23)13-14-16(21(8-9-22)15(13)18)20-12-7-5-4-6-11(12)19-14/h4-7,22H,2-3,8-10,18H2,1H3. The molecule has 3 aromatic rings. The molecule has 2 aromatic heterocycles. The molecule has 7 nitrogen and oxygen atoms in total. The smallest absolute Gasteiger partial charge is 0.344 e. The number of nitrogen functional groups attached to an aromatic ring is 1. The molecule has 0 saturated heterocycles. The number of unbranched alkanes of at least 4 members (excludes halogenated alkanes) is 1. The van der Waals surface area contributed by atoms with E-state index in [1.807, 2.05) is 31.2 Å². The van der Waals surface area contributed by atoms with Crippen LogP contribution in [-0.4, -0.2) is 38.8 Å². The molecule has 0 amide bonds. The molecular weight excluding hydrogens is 308 g/mol. The minimum absolute atomic E-state index is 0.118. The normalized spacial score (nSPS) is 11.2. The molecule has 2 heterocycles. The number of esters is 1. The second-order valence-electron chi connectivity index (χ2n) is 5.51. The van der Waals surface area contributed by atoms with Gasteiger partial charge in [-0.05, 0) is 18.6 Å². The van der Waals surface area contributed by atoms with E-state index in [-0.39, 0.29) is 24.5 Å². The zero-order chi connectivity index (χ0) is 17.1. The number of hydrogen-bond donors (Lipinski definition) is 2. The van der Waals surface area contributed by atoms with Crippen molar-refractivity contribution in [3.05, 3.63) is 29.8 Å². The third kappa shape index (κ3) is 2.78. The van der Waals surface area contributed by atoms with Gasteiger partial charge in [0.15, 0.2) is 5.65 Å². The lowest BCUT2D eigenvalue weighted by atomic mass is 10.2. The number of ether oxygens (including phenoxy) is 1. The summed E-state index contributed by atoms with van der Waals surface area (Å²) in [5.41, 5.74) is 8.61. The van der Waals surface area contributed by atoms with Crippen LogP contribution in [0.15, 0.2) is 24.3 Å². The fraction of sp³-hybridized carbons (Fsp3) is 0.353. The van der Waals surface area contributed by atoms with Crippen LogP contribution in [0.1, 0.15) is 30.1 Å². The van der Waals surface area contributed by atoms with E-state index in [0.717, 1.165) is 12.8 Å². The lowest BCUT2D eigenvalue weighted by Gasteiger charge is -2.05. The summed E-state index contributed by atoms with van der Waals surface area (Å²) >= 11 is 0. The molecular formula is C17H20N4O3. The van der Waals surface area contributed by atoms with Crippen LogP contribution in [-0.2, 0) is 11.3 Å². The number of carbonyl (C=O) groups excluding carboxylic acids is 1. The van der Waals surface area contributed by atoms with E-state index in [1.165, 1.54) is 0 Å². The van der Waals surface area contributed by atoms with Crippen molar-refractivity contribution in [2.45, 2.75) is 26.3 Å². The van der Waals surface area contributed by atoms with Gasteiger partial charge in [0.2, 0.25) is 0 Å². The van der Waals surface area contributed by atoms with Gasteiger partial charge in [0.25, 0.3) is 0 Å². The van der Waals surface area contributed by atoms with Crippen molar-refractivity contribution in [1.82, 2.24) is 14.5 Å². The summed E-state index contributed by atoms with van der Waals surface area (Å²) in [6.07, 6.45) is 1.72. The Morgan fingerprint density at radius 1 is 1.29 bits per heavy atom. The second-order valence-corrected chi connectivity index (χ2v) is 5.51. The van der Waals surface area contributed by atoms with Crippen molar-refractivity contribution in [2.75, 3.05) is 18.9 Å². The molecule has 0 aliphatic carbocycles. The van der Waals surface area contributed by atoms with Crippen LogP contribution in [0.3, 0.4) is 0 Å². The van der Waals surface area contributed by atoms with Crippen LogP contribution in [0, 0.1) is 0 Å². The van der Waals surface area contributed by atoms with E-state index >= 15 is 0 Å². The third-order valence-electron chi connectivity index (χ3n) is 3.85. The second kappa shape index (κ2) is 6.84. The molecule has 0 bridgehead atoms. The fourth-order valence-electron chi connectivity index (χ4n) is 2.63. The highest BCUT2D eigenvalue weighted by Crippen LogP contribution is 2.28. The van der Waals surface area contributed by atoms with Gasteiger partial charge in [0.1, 0.15) is 16.9 Å². The van der Waals surface area contributed by atoms with Crippen molar-refractivity contribution >= 4 is 34.0 Å². The van der Waals surface area contributed by atoms with Crippen LogP contribution in [0.2, 0.25) is 0 Å². The largest absolute Gasteiger partial charge is 0.462 e. The van der Waals surface area contributed by atoms with Gasteiger partial charge in [-0.1, -0.05) is 25.5 Å². The van der Waals surface area contributed by atoms with Crippen molar-refractivity contribution in [2.24, 2.45) is 0 Å². The fourth-order valence-corrected chi connectivity index (χ4v) is 2.63. The quantitative estimate of drug-likeness (QED) is 0.530. The topological polar surface area (TPSA) is 103 Å². The van der Waals surface area contributed by atoms with Gasteiger partial charge in [-0.25, -0.2) is 14.8 Å². The van der Waals surface area contributed by atoms with E-state index in [2.05, 4.69) is 9.97 Å². The van der Waals surface area contributed by atoms with Crippen LogP contribution in [0.25, 0.3) is 22.2 Å². The van der Waals surface area contributed by atoms with Crippen LogP contribution < -0.4 is 5.73 Å². The Bertz CT molecular complexity index is 888. The minimum Gasteiger partial charge on any atom is -0.462 e. The van der Waals surface area contributed by atoms with Crippen molar-refractivity contribution < 1.29 is 14.6 Å². The predicted molar refractivity (Wildman–Crippen MR) is 91.7 cm³/mol. The monoisotopic (exact) mass is 328 g/mol. The Kier molecular flexibility index (Phi) is 4.61. The highest BCUT2D eigenvalue weighted by molar-refractivity contribution is 6.08. The zero-order valence-corrected chi connectivity index (χ0v) is 13.5. The molecule has 0 spiro atoms. The molecule has 3 rings (SSSR count). The predicted octanol–water partition coefficient (Wildman–Crippen LogP) is 2.12. The van der Waals surface area contributed by atoms with Gasteiger partial charge >= 0.3 is 5.97 Å². The molecule has 0 unspecified atom stereocenters. The number of benzene rings is 1. The first-order chi connectivity index (χ1) is 11.7. The highest BCUT2D eigenvalue weighted by Gasteiger charge is 2.24. The Morgan fingerprint density at radius 3 is 2.67 bits per heavy atom. The van der Waals surface area contributed by atoms with E-state index in [0.29, 0.717) is 28.8 Å². The number of nitrogens with two attached hydrogens (primary N) is 1. The van der Waals surface area contributed by atoms with Crippen LogP contribution >= 0.6 is 0 Å². The lowest BCUT2D eigenvalue weighted by Crippen LogP contribution is -2.11. The summed E-state index contributed by atoms with van der Waals surface area (Å²) in [7, 11) is 0. The van der Waals surface area contributed by atoms with E-state index < -0.39 is 5.97 Å². The number of aliphatic hydroxyl groups is 1. The number of para-hydroxylation sites is 2. The average molecular weight is 328 g/mol. The molecule has 0 atom stereocenters. The highest BCUT2D eigenvalue weighted by atomic mass is 16.5. The number of aromatic nitrogens is 3. The molecule has 0 aliphatic heterocycles. The van der Waals surface area contributed by atoms with Crippen molar-refractivity contribution in [1.29, 1.82) is 0 Å². The molecule has 0 radical (unpaired) electrons. The molecule has 0 fully saturated rings. The summed E-state index contributed by atoms with van der Waals surface area (Å²) in [6, 6.07) is 7.39. The maximum absolute atomic E-state index is 12.5. The minimum atomic E-state index is -0.507. The number of nitrogens with zero attached hydrogens (tertiary/aromatic N) is 3. The molecule has 0 saturated carbocycles. The first-order valence-corrected chi connectivity index (χ1v) is 7.99. The number of aliphatic hydroxyl groups excluding tert-OH is 1. The summed E-state index contributed by atoms with van der Waals surface area (Å²) in [5.74, 6) is -0.289. The van der Waals surface area contributed by atoms with E-state index in [4.69, 9.17) is 10.5 Å². The van der Waals surface area contributed by atoms with Gasteiger partial charge in [0.05, 0.1) is 24.2 Å². The number of rotatable bonds is 6. The van der Waals surface area contributed by atoms with Gasteiger partial charge in [-0.3, -0.25) is 0 Å². The number of carbonyl (C=O) groups is 1. The van der Waals surface area contributed by atoms with Crippen molar-refractivity contribution in [3.8, 4) is 0 Å². The maximum atomic E-state index is 12.5. The van der Waals surface area contributed by atoms with Gasteiger partial charge in [-0.15, -0.1) is 0 Å². The lowest BCUT2D eigenvalue weighted by molar-refractivity contribution is 0.0503. The SMILES string of the molecule is CCCCOC(=O)c1c(N)n(CCO)c2nc3ccccc3nc12. The van der Waals surface area contributed by atoms with Crippen molar-refractivity contribution in [3.63, 3.8) is 0 Å². The average Bonchev–Trinajstić information content (AvgIpc) is 2.85. The molecule has 0 aliphatic rings. The van der Waals surface area contributed by atoms with Crippen LogP contribution in [0.5, 0.6) is 0 Å². The Hall–Kier alpha value is -2.67. The summed E-state index contributed by atoms with van der Waals surface area (Å²) in [4.78, 5) is 21.6. The number of anilines is 1. The van der Waals surface area contributed by atoms with Gasteiger partial charge in [-0.2, -0.15) is 0 Å². The molecule has 1 aromatic carbocycles. The number of fused-ring (bicyclic) bond motifs is 2. The number of hydrogen-bond acceptors (Lipinski definition) is 6. The molecule has 24 heavy (non-hydrogen) atoms.